The van der Waals surface area contributed by atoms with Gasteiger partial charge in [-0.1, -0.05) is 24.3 Å². The topological polar surface area (TPSA) is 25.4 Å². The van der Waals surface area contributed by atoms with Crippen molar-refractivity contribution in [2.75, 3.05) is 13.2 Å². The van der Waals surface area contributed by atoms with E-state index in [0.717, 1.165) is 17.7 Å². The van der Waals surface area contributed by atoms with Crippen molar-refractivity contribution >= 4 is 0 Å². The van der Waals surface area contributed by atoms with E-state index in [2.05, 4.69) is 4.98 Å². The maximum absolute atomic E-state index is 14.0. The lowest BCUT2D eigenvalue weighted by molar-refractivity contribution is -0.137. The number of benzene rings is 2. The fraction of sp³-hybridized carbons (Fsp3) is 0.227. The molecule has 0 spiro atoms. The first kappa shape index (κ1) is 20.8. The Morgan fingerprint density at radius 3 is 2.31 bits per heavy atom. The fourth-order valence-electron chi connectivity index (χ4n) is 2.86. The van der Waals surface area contributed by atoms with Crippen LogP contribution in [-0.2, 0) is 19.3 Å². The molecule has 0 bridgehead atoms. The van der Waals surface area contributed by atoms with Gasteiger partial charge >= 0.3 is 6.18 Å². The summed E-state index contributed by atoms with van der Waals surface area (Å²) in [7, 11) is 0. The summed E-state index contributed by atoms with van der Waals surface area (Å²) in [4.78, 5) is 6.09. The molecule has 7 heteroatoms. The highest BCUT2D eigenvalue weighted by Crippen LogP contribution is 2.30. The van der Waals surface area contributed by atoms with Crippen LogP contribution in [0, 0.1) is 5.82 Å². The first-order valence-corrected chi connectivity index (χ1v) is 9.06. The molecule has 0 fully saturated rings. The minimum atomic E-state index is -4.38. The zero-order chi connectivity index (χ0) is 20.7. The first-order chi connectivity index (χ1) is 13.9. The molecule has 0 radical (unpaired) electrons. The van der Waals surface area contributed by atoms with E-state index in [-0.39, 0.29) is 12.4 Å². The molecule has 0 saturated carbocycles. The standard InChI is InChI=1S/C22H20F4N2O/c23-21-6-2-1-5-18(21)16-28(15-17-4-3-11-27-14-17)12-13-29-20-9-7-19(8-10-20)22(24,25)26/h1-11,14H,12-13,15-16H2. The number of halogens is 4. The van der Waals surface area contributed by atoms with E-state index in [1.54, 1.807) is 30.6 Å². The molecule has 0 aliphatic heterocycles. The van der Waals surface area contributed by atoms with Crippen molar-refractivity contribution in [1.82, 2.24) is 9.88 Å². The molecular weight excluding hydrogens is 384 g/mol. The van der Waals surface area contributed by atoms with E-state index < -0.39 is 11.7 Å². The van der Waals surface area contributed by atoms with Gasteiger partial charge in [-0.05, 0) is 42.0 Å². The Morgan fingerprint density at radius 1 is 0.897 bits per heavy atom. The van der Waals surface area contributed by atoms with Crippen LogP contribution in [0.1, 0.15) is 16.7 Å². The quantitative estimate of drug-likeness (QED) is 0.475. The van der Waals surface area contributed by atoms with Gasteiger partial charge in [-0.15, -0.1) is 0 Å². The summed E-state index contributed by atoms with van der Waals surface area (Å²) in [6, 6.07) is 14.9. The Balaban J connectivity index is 1.62. The van der Waals surface area contributed by atoms with Crippen molar-refractivity contribution in [2.24, 2.45) is 0 Å². The Bertz CT molecular complexity index is 899. The molecule has 0 aliphatic rings. The first-order valence-electron chi connectivity index (χ1n) is 9.06. The summed E-state index contributed by atoms with van der Waals surface area (Å²) in [5, 5.41) is 0. The molecule has 0 atom stereocenters. The van der Waals surface area contributed by atoms with Gasteiger partial charge in [0.1, 0.15) is 18.2 Å². The predicted octanol–water partition coefficient (Wildman–Crippen LogP) is 5.32. The Kier molecular flexibility index (Phi) is 6.82. The highest BCUT2D eigenvalue weighted by atomic mass is 19.4. The summed E-state index contributed by atoms with van der Waals surface area (Å²) in [5.41, 5.74) is 0.812. The van der Waals surface area contributed by atoms with Gasteiger partial charge < -0.3 is 4.74 Å². The van der Waals surface area contributed by atoms with Crippen LogP contribution in [-0.4, -0.2) is 23.0 Å². The number of nitrogens with zero attached hydrogens (tertiary/aromatic N) is 2. The summed E-state index contributed by atoms with van der Waals surface area (Å²) < 4.78 is 57.6. The molecule has 1 heterocycles. The van der Waals surface area contributed by atoms with Gasteiger partial charge in [0.15, 0.2) is 0 Å². The molecule has 3 nitrogen and oxygen atoms in total. The number of rotatable bonds is 8. The van der Waals surface area contributed by atoms with E-state index >= 15 is 0 Å². The molecule has 1 aromatic heterocycles. The zero-order valence-electron chi connectivity index (χ0n) is 15.6. The van der Waals surface area contributed by atoms with Crippen molar-refractivity contribution in [2.45, 2.75) is 19.3 Å². The number of hydrogen-bond donors (Lipinski definition) is 0. The molecule has 3 rings (SSSR count). The van der Waals surface area contributed by atoms with E-state index in [0.29, 0.717) is 30.9 Å². The van der Waals surface area contributed by atoms with Crippen LogP contribution in [0.3, 0.4) is 0 Å². The van der Waals surface area contributed by atoms with Crippen LogP contribution < -0.4 is 4.74 Å². The number of aromatic nitrogens is 1. The smallest absolute Gasteiger partial charge is 0.416 e. The van der Waals surface area contributed by atoms with Gasteiger partial charge in [-0.25, -0.2) is 4.39 Å². The highest BCUT2D eigenvalue weighted by Gasteiger charge is 2.30. The van der Waals surface area contributed by atoms with Gasteiger partial charge in [-0.3, -0.25) is 9.88 Å². The third kappa shape index (κ3) is 6.29. The number of ether oxygens (including phenoxy) is 1. The average Bonchev–Trinajstić information content (AvgIpc) is 2.70. The van der Waals surface area contributed by atoms with Crippen LogP contribution in [0.25, 0.3) is 0 Å². The van der Waals surface area contributed by atoms with Crippen molar-refractivity contribution in [3.63, 3.8) is 0 Å². The van der Waals surface area contributed by atoms with Gasteiger partial charge in [0, 0.05) is 37.6 Å². The average molecular weight is 404 g/mol. The molecule has 0 unspecified atom stereocenters. The van der Waals surface area contributed by atoms with Crippen LogP contribution in [0.5, 0.6) is 5.75 Å². The minimum absolute atomic E-state index is 0.250. The van der Waals surface area contributed by atoms with E-state index in [4.69, 9.17) is 4.74 Å². The van der Waals surface area contributed by atoms with Crippen molar-refractivity contribution in [1.29, 1.82) is 0 Å². The molecule has 0 N–H and O–H groups in total. The second-order valence-corrected chi connectivity index (χ2v) is 6.53. The van der Waals surface area contributed by atoms with Crippen molar-refractivity contribution in [3.05, 3.63) is 95.6 Å². The fourth-order valence-corrected chi connectivity index (χ4v) is 2.86. The number of alkyl halides is 3. The van der Waals surface area contributed by atoms with Gasteiger partial charge in [0.25, 0.3) is 0 Å². The molecule has 2 aromatic carbocycles. The summed E-state index contributed by atoms with van der Waals surface area (Å²) in [5.74, 6) is 0.0672. The monoisotopic (exact) mass is 404 g/mol. The summed E-state index contributed by atoms with van der Waals surface area (Å²) in [6.45, 7) is 1.63. The number of pyridine rings is 1. The molecule has 0 saturated heterocycles. The van der Waals surface area contributed by atoms with E-state index in [9.17, 15) is 17.6 Å². The number of hydrogen-bond acceptors (Lipinski definition) is 3. The van der Waals surface area contributed by atoms with Crippen molar-refractivity contribution in [3.8, 4) is 5.75 Å². The lowest BCUT2D eigenvalue weighted by Crippen LogP contribution is -2.28. The van der Waals surface area contributed by atoms with Crippen LogP contribution in [0.15, 0.2) is 73.1 Å². The highest BCUT2D eigenvalue weighted by molar-refractivity contribution is 5.28. The van der Waals surface area contributed by atoms with E-state index in [1.807, 2.05) is 17.0 Å². The van der Waals surface area contributed by atoms with Gasteiger partial charge in [0.2, 0.25) is 0 Å². The maximum atomic E-state index is 14.0. The van der Waals surface area contributed by atoms with Crippen LogP contribution >= 0.6 is 0 Å². The predicted molar refractivity (Wildman–Crippen MR) is 102 cm³/mol. The molecular formula is C22H20F4N2O. The summed E-state index contributed by atoms with van der Waals surface area (Å²) >= 11 is 0. The molecule has 0 aliphatic carbocycles. The zero-order valence-corrected chi connectivity index (χ0v) is 15.6. The van der Waals surface area contributed by atoms with Gasteiger partial charge in [0.05, 0.1) is 5.56 Å². The normalized spacial score (nSPS) is 11.6. The Hall–Kier alpha value is -2.93. The van der Waals surface area contributed by atoms with Crippen LogP contribution in [0.4, 0.5) is 17.6 Å². The molecule has 29 heavy (non-hydrogen) atoms. The van der Waals surface area contributed by atoms with Crippen molar-refractivity contribution < 1.29 is 22.3 Å². The Labute approximate surface area is 166 Å². The second-order valence-electron chi connectivity index (χ2n) is 6.53. The maximum Gasteiger partial charge on any atom is 0.416 e. The minimum Gasteiger partial charge on any atom is -0.492 e. The molecule has 0 amide bonds. The third-order valence-electron chi connectivity index (χ3n) is 4.34. The largest absolute Gasteiger partial charge is 0.492 e. The Morgan fingerprint density at radius 2 is 1.66 bits per heavy atom. The molecule has 152 valence electrons. The van der Waals surface area contributed by atoms with E-state index in [1.165, 1.54) is 18.2 Å². The summed E-state index contributed by atoms with van der Waals surface area (Å²) in [6.07, 6.45) is -0.956. The third-order valence-corrected chi connectivity index (χ3v) is 4.34. The second kappa shape index (κ2) is 9.52. The lowest BCUT2D eigenvalue weighted by Gasteiger charge is -2.23. The van der Waals surface area contributed by atoms with Crippen LogP contribution in [0.2, 0.25) is 0 Å². The molecule has 3 aromatic rings. The van der Waals surface area contributed by atoms with Gasteiger partial charge in [-0.2, -0.15) is 13.2 Å². The SMILES string of the molecule is Fc1ccccc1CN(CCOc1ccc(C(F)(F)F)cc1)Cc1cccnc1. The lowest BCUT2D eigenvalue weighted by atomic mass is 10.2.